The monoisotopic (exact) mass is 242 g/mol. The molecule has 88 valence electrons. The zero-order chi connectivity index (χ0) is 11.6. The van der Waals surface area contributed by atoms with Crippen molar-refractivity contribution < 1.29 is 9.53 Å². The van der Waals surface area contributed by atoms with Gasteiger partial charge in [-0.3, -0.25) is 4.79 Å². The van der Waals surface area contributed by atoms with Gasteiger partial charge in [0.05, 0.1) is 12.4 Å². The maximum atomic E-state index is 11.3. The van der Waals surface area contributed by atoms with Crippen LogP contribution in [0.3, 0.4) is 0 Å². The van der Waals surface area contributed by atoms with Crippen LogP contribution in [0.25, 0.3) is 0 Å². The van der Waals surface area contributed by atoms with Crippen LogP contribution in [0, 0.1) is 0 Å². The third-order valence-corrected chi connectivity index (χ3v) is 2.82. The lowest BCUT2D eigenvalue weighted by Gasteiger charge is -2.02. The highest BCUT2D eigenvalue weighted by Gasteiger charge is 2.12. The second-order valence-electron chi connectivity index (χ2n) is 3.34. The average molecular weight is 242 g/mol. The van der Waals surface area contributed by atoms with E-state index < -0.39 is 0 Å². The Morgan fingerprint density at radius 1 is 1.50 bits per heavy atom. The average Bonchev–Trinajstić information content (AvgIpc) is 2.79. The number of esters is 1. The van der Waals surface area contributed by atoms with E-state index in [2.05, 4.69) is 22.1 Å². The van der Waals surface area contributed by atoms with Gasteiger partial charge in [0.25, 0.3) is 0 Å². The predicted octanol–water partition coefficient (Wildman–Crippen LogP) is 2.63. The van der Waals surface area contributed by atoms with Gasteiger partial charge in [-0.2, -0.15) is 0 Å². The number of unbranched alkanes of at least 4 members (excludes halogenated alkanes) is 3. The summed E-state index contributed by atoms with van der Waals surface area (Å²) in [6.45, 7) is 2.67. The first-order valence-corrected chi connectivity index (χ1v) is 6.41. The first-order chi connectivity index (χ1) is 7.83. The SMILES string of the molecule is CCCCCCOC(=O)CSC1=CN=[N+]=N1. The number of rotatable bonds is 8. The Kier molecular flexibility index (Phi) is 6.53. The minimum atomic E-state index is -0.204. The van der Waals surface area contributed by atoms with Gasteiger partial charge in [-0.05, 0) is 6.42 Å². The van der Waals surface area contributed by atoms with Gasteiger partial charge in [-0.1, -0.05) is 37.9 Å². The van der Waals surface area contributed by atoms with Gasteiger partial charge < -0.3 is 4.74 Å². The van der Waals surface area contributed by atoms with Crippen molar-refractivity contribution in [3.8, 4) is 0 Å². The fraction of sp³-hybridized carbons (Fsp3) is 0.700. The molecule has 1 aliphatic heterocycles. The topological polar surface area (TPSA) is 65.1 Å². The summed E-state index contributed by atoms with van der Waals surface area (Å²) in [7, 11) is 0. The summed E-state index contributed by atoms with van der Waals surface area (Å²) < 4.78 is 5.06. The molecule has 0 bridgehead atoms. The Bertz CT molecular complexity index is 322. The molecule has 0 aliphatic carbocycles. The first kappa shape index (κ1) is 12.9. The van der Waals surface area contributed by atoms with E-state index in [4.69, 9.17) is 4.74 Å². The van der Waals surface area contributed by atoms with E-state index in [9.17, 15) is 4.79 Å². The van der Waals surface area contributed by atoms with Crippen LogP contribution in [0.2, 0.25) is 0 Å². The number of ether oxygens (including phenoxy) is 1. The zero-order valence-corrected chi connectivity index (χ0v) is 10.2. The number of nitrogens with zero attached hydrogens (tertiary/aromatic N) is 3. The van der Waals surface area contributed by atoms with Crippen LogP contribution in [-0.4, -0.2) is 18.3 Å². The molecule has 5 nitrogen and oxygen atoms in total. The van der Waals surface area contributed by atoms with Crippen LogP contribution in [0.15, 0.2) is 21.5 Å². The largest absolute Gasteiger partial charge is 0.465 e. The van der Waals surface area contributed by atoms with E-state index in [0.717, 1.165) is 12.8 Å². The summed E-state index contributed by atoms with van der Waals surface area (Å²) in [6, 6.07) is 0. The Morgan fingerprint density at radius 3 is 3.06 bits per heavy atom. The molecule has 0 saturated carbocycles. The Hall–Kier alpha value is -1.13. The summed E-state index contributed by atoms with van der Waals surface area (Å²) in [5.41, 5.74) is 0. The number of carbonyl (C=O) groups is 1. The van der Waals surface area contributed by atoms with Crippen LogP contribution in [0.5, 0.6) is 0 Å². The molecule has 0 aromatic carbocycles. The highest BCUT2D eigenvalue weighted by molar-refractivity contribution is 8.03. The fourth-order valence-electron chi connectivity index (χ4n) is 1.13. The van der Waals surface area contributed by atoms with Crippen LogP contribution in [0.1, 0.15) is 32.6 Å². The Morgan fingerprint density at radius 2 is 2.38 bits per heavy atom. The van der Waals surface area contributed by atoms with Crippen LogP contribution >= 0.6 is 11.8 Å². The molecule has 0 atom stereocenters. The maximum Gasteiger partial charge on any atom is 0.316 e. The van der Waals surface area contributed by atoms with Gasteiger partial charge in [0.15, 0.2) is 16.4 Å². The highest BCUT2D eigenvalue weighted by Crippen LogP contribution is 2.18. The van der Waals surface area contributed by atoms with Gasteiger partial charge >= 0.3 is 5.97 Å². The number of hydrogen-bond donors (Lipinski definition) is 0. The molecule has 0 saturated heterocycles. The van der Waals surface area contributed by atoms with Gasteiger partial charge in [-0.25, -0.2) is 0 Å². The lowest BCUT2D eigenvalue weighted by molar-refractivity contribution is -0.140. The molecular weight excluding hydrogens is 226 g/mol. The molecule has 1 aliphatic rings. The first-order valence-electron chi connectivity index (χ1n) is 5.42. The molecule has 0 N–H and O–H groups in total. The molecule has 16 heavy (non-hydrogen) atoms. The van der Waals surface area contributed by atoms with Crippen molar-refractivity contribution in [2.75, 3.05) is 12.4 Å². The molecule has 0 spiro atoms. The molecular formula is C10H16N3O2S+. The highest BCUT2D eigenvalue weighted by atomic mass is 32.2. The molecule has 0 aromatic heterocycles. The zero-order valence-electron chi connectivity index (χ0n) is 9.39. The minimum Gasteiger partial charge on any atom is -0.465 e. The van der Waals surface area contributed by atoms with Gasteiger partial charge in [0.1, 0.15) is 0 Å². The lowest BCUT2D eigenvalue weighted by Crippen LogP contribution is -2.08. The van der Waals surface area contributed by atoms with Crippen molar-refractivity contribution in [1.82, 2.24) is 4.91 Å². The second kappa shape index (κ2) is 8.07. The van der Waals surface area contributed by atoms with Crippen LogP contribution in [-0.2, 0) is 9.53 Å². The summed E-state index contributed by atoms with van der Waals surface area (Å²) in [4.78, 5) is 14.7. The number of hydrogen-bond acceptors (Lipinski definition) is 5. The van der Waals surface area contributed by atoms with E-state index in [1.54, 1.807) is 0 Å². The third-order valence-electron chi connectivity index (χ3n) is 1.96. The third kappa shape index (κ3) is 5.68. The van der Waals surface area contributed by atoms with Gasteiger partial charge in [0, 0.05) is 0 Å². The molecule has 1 heterocycles. The standard InChI is InChI=1S/C10H16N3O2S/c1-2-3-4-5-6-15-10(14)8-16-9-7-11-13-12-9/h7H,2-6,8H2,1H3/q+1. The van der Waals surface area contributed by atoms with E-state index in [1.165, 1.54) is 30.8 Å². The Labute approximate surface area is 99.1 Å². The van der Waals surface area contributed by atoms with E-state index in [1.807, 2.05) is 0 Å². The van der Waals surface area contributed by atoms with E-state index in [0.29, 0.717) is 11.6 Å². The molecule has 0 amide bonds. The quantitative estimate of drug-likeness (QED) is 0.373. The summed E-state index contributed by atoms with van der Waals surface area (Å²) >= 11 is 1.29. The van der Waals surface area contributed by atoms with Crippen molar-refractivity contribution in [3.05, 3.63) is 11.2 Å². The molecule has 6 heteroatoms. The number of thioether (sulfide) groups is 1. The van der Waals surface area contributed by atoms with Gasteiger partial charge in [0.2, 0.25) is 9.94 Å². The summed E-state index contributed by atoms with van der Waals surface area (Å²) in [6.07, 6.45) is 5.98. The van der Waals surface area contributed by atoms with Crippen LogP contribution in [0.4, 0.5) is 0 Å². The normalized spacial score (nSPS) is 12.9. The molecule has 0 fully saturated rings. The predicted molar refractivity (Wildman–Crippen MR) is 62.6 cm³/mol. The summed E-state index contributed by atoms with van der Waals surface area (Å²) in [5, 5.41) is 7.92. The second-order valence-corrected chi connectivity index (χ2v) is 4.34. The summed E-state index contributed by atoms with van der Waals surface area (Å²) in [5.74, 6) is 0.0678. The van der Waals surface area contributed by atoms with E-state index in [-0.39, 0.29) is 11.7 Å². The minimum absolute atomic E-state index is 0.204. The smallest absolute Gasteiger partial charge is 0.316 e. The molecule has 0 unspecified atom stereocenters. The Balaban J connectivity index is 1.96. The van der Waals surface area contributed by atoms with Crippen molar-refractivity contribution >= 4 is 17.7 Å². The maximum absolute atomic E-state index is 11.3. The van der Waals surface area contributed by atoms with Crippen molar-refractivity contribution in [2.24, 2.45) is 10.2 Å². The molecule has 0 aromatic rings. The van der Waals surface area contributed by atoms with Crippen LogP contribution < -0.4 is 4.91 Å². The lowest BCUT2D eigenvalue weighted by atomic mass is 10.2. The van der Waals surface area contributed by atoms with E-state index >= 15 is 0 Å². The van der Waals surface area contributed by atoms with Crippen molar-refractivity contribution in [3.63, 3.8) is 0 Å². The van der Waals surface area contributed by atoms with Crippen molar-refractivity contribution in [2.45, 2.75) is 32.6 Å². The van der Waals surface area contributed by atoms with Crippen molar-refractivity contribution in [1.29, 1.82) is 0 Å². The molecule has 1 rings (SSSR count). The fourth-order valence-corrected chi connectivity index (χ4v) is 1.69. The van der Waals surface area contributed by atoms with Gasteiger partial charge in [-0.15, -0.1) is 0 Å². The molecule has 0 radical (unpaired) electrons. The number of carbonyl (C=O) groups excluding carboxylic acids is 1.